The zero-order chi connectivity index (χ0) is 20.7. The number of hydrogen-bond donors (Lipinski definition) is 2. The lowest BCUT2D eigenvalue weighted by atomic mass is 9.89. The fourth-order valence-corrected chi connectivity index (χ4v) is 6.43. The maximum atomic E-state index is 13.2. The molecule has 1 saturated carbocycles. The number of piperidine rings is 1. The smallest absolute Gasteiger partial charge is 0.278 e. The third-order valence-electron chi connectivity index (χ3n) is 7.69. The Hall–Kier alpha value is -1.76. The van der Waals surface area contributed by atoms with Gasteiger partial charge in [0, 0.05) is 24.2 Å². The summed E-state index contributed by atoms with van der Waals surface area (Å²) in [6.45, 7) is 0. The molecule has 3 fully saturated rings. The van der Waals surface area contributed by atoms with Gasteiger partial charge in [-0.25, -0.2) is 4.98 Å². The molecule has 5 rings (SSSR count). The first-order chi connectivity index (χ1) is 14.6. The SMILES string of the molecule is O=c1c(C(O)O)nc2ccccc2n1C1C[C@H]2CC[C@@H](C1)N2C1CCCCCCC1. The standard InChI is InChI=1S/C24H33N3O3/c28-23-22(24(29)30)25-20-10-6-7-11-21(20)27(23)19-14-17-12-13-18(15-19)26(17)16-8-4-2-1-3-5-9-16/h6-7,10-11,16-19,24,29-30H,1-5,8-9,12-15H2/t17-,18+,19?. The van der Waals surface area contributed by atoms with Gasteiger partial charge in [0.05, 0.1) is 11.0 Å². The highest BCUT2D eigenvalue weighted by Crippen LogP contribution is 2.44. The first-order valence-corrected chi connectivity index (χ1v) is 11.8. The molecule has 162 valence electrons. The van der Waals surface area contributed by atoms with Crippen molar-refractivity contribution in [2.75, 3.05) is 0 Å². The molecule has 6 heteroatoms. The second kappa shape index (κ2) is 8.40. The van der Waals surface area contributed by atoms with Gasteiger partial charge in [-0.05, 0) is 50.7 Å². The molecule has 3 heterocycles. The van der Waals surface area contributed by atoms with Gasteiger partial charge in [0.1, 0.15) is 0 Å². The van der Waals surface area contributed by atoms with Crippen molar-refractivity contribution >= 4 is 11.0 Å². The molecule has 2 aromatic rings. The van der Waals surface area contributed by atoms with Crippen LogP contribution in [0.3, 0.4) is 0 Å². The maximum absolute atomic E-state index is 13.2. The van der Waals surface area contributed by atoms with Gasteiger partial charge >= 0.3 is 0 Å². The van der Waals surface area contributed by atoms with Gasteiger partial charge in [0.15, 0.2) is 5.69 Å². The van der Waals surface area contributed by atoms with Crippen LogP contribution in [0, 0.1) is 0 Å². The van der Waals surface area contributed by atoms with Crippen molar-refractivity contribution in [1.29, 1.82) is 0 Å². The second-order valence-corrected chi connectivity index (χ2v) is 9.49. The molecule has 30 heavy (non-hydrogen) atoms. The first-order valence-electron chi connectivity index (χ1n) is 11.8. The molecule has 1 aliphatic carbocycles. The molecular weight excluding hydrogens is 378 g/mol. The summed E-state index contributed by atoms with van der Waals surface area (Å²) in [5, 5.41) is 19.5. The molecular formula is C24H33N3O3. The number of rotatable bonds is 3. The third-order valence-corrected chi connectivity index (χ3v) is 7.69. The summed E-state index contributed by atoms with van der Waals surface area (Å²) in [7, 11) is 0. The molecule has 2 saturated heterocycles. The lowest BCUT2D eigenvalue weighted by Gasteiger charge is -2.45. The Kier molecular flexibility index (Phi) is 5.65. The number of nitrogens with zero attached hydrogens (tertiary/aromatic N) is 3. The highest BCUT2D eigenvalue weighted by atomic mass is 16.5. The van der Waals surface area contributed by atoms with E-state index in [1.54, 1.807) is 0 Å². The fourth-order valence-electron chi connectivity index (χ4n) is 6.43. The zero-order valence-electron chi connectivity index (χ0n) is 17.6. The van der Waals surface area contributed by atoms with E-state index in [1.807, 2.05) is 28.8 Å². The maximum Gasteiger partial charge on any atom is 0.278 e. The Morgan fingerprint density at radius 1 is 0.833 bits per heavy atom. The van der Waals surface area contributed by atoms with Crippen LogP contribution in [0.2, 0.25) is 0 Å². The quantitative estimate of drug-likeness (QED) is 0.754. The number of fused-ring (bicyclic) bond motifs is 3. The van der Waals surface area contributed by atoms with Crippen molar-refractivity contribution in [2.24, 2.45) is 0 Å². The first kappa shape index (κ1) is 20.2. The molecule has 1 unspecified atom stereocenters. The second-order valence-electron chi connectivity index (χ2n) is 9.49. The Labute approximate surface area is 177 Å². The number of para-hydroxylation sites is 2. The predicted octanol–water partition coefficient (Wildman–Crippen LogP) is 3.66. The van der Waals surface area contributed by atoms with E-state index in [0.717, 1.165) is 18.4 Å². The lowest BCUT2D eigenvalue weighted by Crippen LogP contribution is -2.50. The minimum atomic E-state index is -1.85. The minimum absolute atomic E-state index is 0.0882. The van der Waals surface area contributed by atoms with Gasteiger partial charge in [-0.1, -0.05) is 44.2 Å². The summed E-state index contributed by atoms with van der Waals surface area (Å²) in [6, 6.07) is 9.41. The molecule has 3 aliphatic rings. The molecule has 0 spiro atoms. The van der Waals surface area contributed by atoms with Gasteiger partial charge < -0.3 is 14.8 Å². The Balaban J connectivity index is 1.47. The van der Waals surface area contributed by atoms with Crippen LogP contribution in [-0.2, 0) is 0 Å². The van der Waals surface area contributed by atoms with E-state index in [0.29, 0.717) is 23.6 Å². The van der Waals surface area contributed by atoms with Crippen LogP contribution < -0.4 is 5.56 Å². The molecule has 0 amide bonds. The average Bonchev–Trinajstić information content (AvgIpc) is 2.96. The predicted molar refractivity (Wildman–Crippen MR) is 116 cm³/mol. The Morgan fingerprint density at radius 2 is 1.47 bits per heavy atom. The highest BCUT2D eigenvalue weighted by molar-refractivity contribution is 5.74. The van der Waals surface area contributed by atoms with Crippen LogP contribution >= 0.6 is 0 Å². The average molecular weight is 412 g/mol. The molecule has 1 aromatic carbocycles. The van der Waals surface area contributed by atoms with Gasteiger partial charge in [-0.15, -0.1) is 0 Å². The van der Waals surface area contributed by atoms with Crippen molar-refractivity contribution in [3.05, 3.63) is 40.3 Å². The number of hydrogen-bond acceptors (Lipinski definition) is 5. The van der Waals surface area contributed by atoms with Crippen LogP contribution in [0.5, 0.6) is 0 Å². The fraction of sp³-hybridized carbons (Fsp3) is 0.667. The molecule has 3 atom stereocenters. The van der Waals surface area contributed by atoms with Crippen LogP contribution in [0.4, 0.5) is 0 Å². The number of aromatic nitrogens is 2. The molecule has 6 nitrogen and oxygen atoms in total. The van der Waals surface area contributed by atoms with Crippen LogP contribution in [-0.4, -0.2) is 42.8 Å². The zero-order valence-corrected chi connectivity index (χ0v) is 17.6. The van der Waals surface area contributed by atoms with E-state index in [2.05, 4.69) is 9.88 Å². The van der Waals surface area contributed by atoms with Gasteiger partial charge in [0.2, 0.25) is 6.29 Å². The van der Waals surface area contributed by atoms with Crippen molar-refractivity contribution in [3.63, 3.8) is 0 Å². The number of aliphatic hydroxyl groups is 2. The Morgan fingerprint density at radius 3 is 2.13 bits per heavy atom. The largest absolute Gasteiger partial charge is 0.363 e. The molecule has 0 radical (unpaired) electrons. The lowest BCUT2D eigenvalue weighted by molar-refractivity contribution is -0.0472. The van der Waals surface area contributed by atoms with Crippen LogP contribution in [0.25, 0.3) is 11.0 Å². The van der Waals surface area contributed by atoms with E-state index < -0.39 is 6.29 Å². The summed E-state index contributed by atoms with van der Waals surface area (Å²) in [5.41, 5.74) is 0.932. The van der Waals surface area contributed by atoms with Crippen molar-refractivity contribution < 1.29 is 10.2 Å². The van der Waals surface area contributed by atoms with Crippen molar-refractivity contribution in [2.45, 2.75) is 101 Å². The summed E-state index contributed by atoms with van der Waals surface area (Å²) in [5.74, 6) is 0. The normalized spacial score (nSPS) is 28.7. The van der Waals surface area contributed by atoms with Gasteiger partial charge in [-0.3, -0.25) is 9.69 Å². The van der Waals surface area contributed by atoms with Gasteiger partial charge in [0.25, 0.3) is 5.56 Å². The van der Waals surface area contributed by atoms with E-state index in [-0.39, 0.29) is 17.3 Å². The number of aliphatic hydroxyl groups excluding tert-OH is 1. The van der Waals surface area contributed by atoms with Crippen molar-refractivity contribution in [1.82, 2.24) is 14.5 Å². The summed E-state index contributed by atoms with van der Waals surface area (Å²) < 4.78 is 1.82. The molecule has 2 aliphatic heterocycles. The number of benzene rings is 1. The van der Waals surface area contributed by atoms with Crippen LogP contribution in [0.15, 0.2) is 29.1 Å². The molecule has 2 N–H and O–H groups in total. The van der Waals surface area contributed by atoms with Crippen LogP contribution in [0.1, 0.15) is 88.7 Å². The third kappa shape index (κ3) is 3.59. The van der Waals surface area contributed by atoms with E-state index in [4.69, 9.17) is 0 Å². The summed E-state index contributed by atoms with van der Waals surface area (Å²) in [4.78, 5) is 20.3. The van der Waals surface area contributed by atoms with Crippen molar-refractivity contribution in [3.8, 4) is 0 Å². The molecule has 1 aromatic heterocycles. The molecule has 2 bridgehead atoms. The van der Waals surface area contributed by atoms with Gasteiger partial charge in [-0.2, -0.15) is 0 Å². The highest BCUT2D eigenvalue weighted by Gasteiger charge is 2.44. The summed E-state index contributed by atoms with van der Waals surface area (Å²) >= 11 is 0. The minimum Gasteiger partial charge on any atom is -0.363 e. The monoisotopic (exact) mass is 411 g/mol. The van der Waals surface area contributed by atoms with E-state index in [1.165, 1.54) is 57.8 Å². The van der Waals surface area contributed by atoms with E-state index >= 15 is 0 Å². The Bertz CT molecular complexity index is 934. The topological polar surface area (TPSA) is 78.6 Å². The van der Waals surface area contributed by atoms with E-state index in [9.17, 15) is 15.0 Å². The summed E-state index contributed by atoms with van der Waals surface area (Å²) in [6.07, 6.45) is 11.9.